The zero-order valence-electron chi connectivity index (χ0n) is 9.65. The van der Waals surface area contributed by atoms with Crippen LogP contribution in [-0.2, 0) is 17.7 Å². The third-order valence-electron chi connectivity index (χ3n) is 3.62. The molecule has 0 saturated carbocycles. The van der Waals surface area contributed by atoms with Gasteiger partial charge in [0.15, 0.2) is 0 Å². The molecule has 1 aromatic rings. The Kier molecular flexibility index (Phi) is 3.27. The zero-order chi connectivity index (χ0) is 10.8. The molecule has 3 heterocycles. The Labute approximate surface area is 101 Å². The Bertz CT molecular complexity index is 343. The Balaban J connectivity index is 1.57. The van der Waals surface area contributed by atoms with Crippen LogP contribution < -0.4 is 0 Å². The average Bonchev–Trinajstić information content (AvgIpc) is 2.77. The van der Waals surface area contributed by atoms with E-state index in [1.54, 1.807) is 10.4 Å². The number of ether oxygens (including phenoxy) is 1. The van der Waals surface area contributed by atoms with Crippen molar-refractivity contribution in [3.05, 3.63) is 21.9 Å². The summed E-state index contributed by atoms with van der Waals surface area (Å²) in [6.45, 7) is 4.46. The van der Waals surface area contributed by atoms with Crippen LogP contribution in [0.5, 0.6) is 0 Å². The molecule has 3 rings (SSSR count). The van der Waals surface area contributed by atoms with Gasteiger partial charge in [0.2, 0.25) is 0 Å². The molecule has 0 bridgehead atoms. The number of thiophene rings is 1. The van der Waals surface area contributed by atoms with Gasteiger partial charge in [-0.05, 0) is 42.7 Å². The summed E-state index contributed by atoms with van der Waals surface area (Å²) >= 11 is 1.92. The van der Waals surface area contributed by atoms with E-state index in [2.05, 4.69) is 16.3 Å². The van der Waals surface area contributed by atoms with Gasteiger partial charge in [0, 0.05) is 31.1 Å². The lowest BCUT2D eigenvalue weighted by atomic mass is 10.1. The largest absolute Gasteiger partial charge is 0.377 e. The summed E-state index contributed by atoms with van der Waals surface area (Å²) in [5, 5.41) is 2.23. The van der Waals surface area contributed by atoms with Crippen molar-refractivity contribution in [2.24, 2.45) is 0 Å². The summed E-state index contributed by atoms with van der Waals surface area (Å²) in [5.41, 5.74) is 1.55. The highest BCUT2D eigenvalue weighted by Crippen LogP contribution is 2.25. The van der Waals surface area contributed by atoms with Crippen LogP contribution in [0.4, 0.5) is 0 Å². The second-order valence-corrected chi connectivity index (χ2v) is 5.84. The van der Waals surface area contributed by atoms with Gasteiger partial charge in [0.25, 0.3) is 0 Å². The Morgan fingerprint density at radius 1 is 1.44 bits per heavy atom. The molecule has 0 radical (unpaired) electrons. The van der Waals surface area contributed by atoms with E-state index >= 15 is 0 Å². The van der Waals surface area contributed by atoms with Crippen molar-refractivity contribution >= 4 is 11.3 Å². The topological polar surface area (TPSA) is 12.5 Å². The molecule has 2 nitrogen and oxygen atoms in total. The Hall–Kier alpha value is -0.380. The summed E-state index contributed by atoms with van der Waals surface area (Å²) in [6, 6.07) is 2.29. The fourth-order valence-electron chi connectivity index (χ4n) is 2.70. The van der Waals surface area contributed by atoms with Crippen LogP contribution in [-0.4, -0.2) is 30.7 Å². The van der Waals surface area contributed by atoms with E-state index in [-0.39, 0.29) is 0 Å². The lowest BCUT2D eigenvalue weighted by Crippen LogP contribution is -2.38. The van der Waals surface area contributed by atoms with Gasteiger partial charge >= 0.3 is 0 Å². The third kappa shape index (κ3) is 2.31. The van der Waals surface area contributed by atoms with Crippen molar-refractivity contribution in [1.29, 1.82) is 0 Å². The molecule has 1 aromatic heterocycles. The Morgan fingerprint density at radius 3 is 3.31 bits per heavy atom. The molecule has 0 N–H and O–H groups in total. The highest BCUT2D eigenvalue weighted by molar-refractivity contribution is 7.10. The van der Waals surface area contributed by atoms with E-state index in [1.807, 2.05) is 11.3 Å². The first-order chi connectivity index (χ1) is 7.92. The summed E-state index contributed by atoms with van der Waals surface area (Å²) in [5.74, 6) is 0. The predicted octanol–water partition coefficient (Wildman–Crippen LogP) is 2.68. The molecule has 1 atom stereocenters. The van der Waals surface area contributed by atoms with Crippen LogP contribution in [0.15, 0.2) is 11.4 Å². The molecule has 88 valence electrons. The van der Waals surface area contributed by atoms with E-state index in [0.29, 0.717) is 6.10 Å². The maximum Gasteiger partial charge on any atom is 0.0702 e. The standard InChI is InChI=1S/C13H19NOS/c1-2-7-15-12(3-1)10-14-6-4-13-11(9-14)5-8-16-13/h5,8,12H,1-4,6-7,9-10H2. The van der Waals surface area contributed by atoms with Crippen LogP contribution in [0.2, 0.25) is 0 Å². The fraction of sp³-hybridized carbons (Fsp3) is 0.692. The van der Waals surface area contributed by atoms with Crippen molar-refractivity contribution in [2.45, 2.75) is 38.3 Å². The maximum absolute atomic E-state index is 5.81. The van der Waals surface area contributed by atoms with Crippen molar-refractivity contribution in [3.8, 4) is 0 Å². The van der Waals surface area contributed by atoms with Gasteiger partial charge < -0.3 is 4.74 Å². The quantitative estimate of drug-likeness (QED) is 0.784. The SMILES string of the molecule is c1cc2c(s1)CCN(CC1CCCCO1)C2. The van der Waals surface area contributed by atoms with Gasteiger partial charge in [0.1, 0.15) is 0 Å². The van der Waals surface area contributed by atoms with E-state index in [9.17, 15) is 0 Å². The smallest absolute Gasteiger partial charge is 0.0702 e. The van der Waals surface area contributed by atoms with Gasteiger partial charge in [-0.1, -0.05) is 0 Å². The minimum Gasteiger partial charge on any atom is -0.377 e. The van der Waals surface area contributed by atoms with Crippen molar-refractivity contribution < 1.29 is 4.74 Å². The van der Waals surface area contributed by atoms with Crippen LogP contribution in [0.3, 0.4) is 0 Å². The number of rotatable bonds is 2. The highest BCUT2D eigenvalue weighted by atomic mass is 32.1. The first-order valence-corrected chi connectivity index (χ1v) is 7.19. The van der Waals surface area contributed by atoms with Gasteiger partial charge in [-0.15, -0.1) is 11.3 Å². The summed E-state index contributed by atoms with van der Waals surface area (Å²) in [7, 11) is 0. The number of fused-ring (bicyclic) bond motifs is 1. The van der Waals surface area contributed by atoms with Crippen LogP contribution in [0.1, 0.15) is 29.7 Å². The number of hydrogen-bond acceptors (Lipinski definition) is 3. The molecule has 2 aliphatic heterocycles. The summed E-state index contributed by atoms with van der Waals surface area (Å²) in [4.78, 5) is 4.16. The minimum atomic E-state index is 0.494. The molecule has 0 aromatic carbocycles. The molecule has 1 unspecified atom stereocenters. The normalized spacial score (nSPS) is 26.6. The molecule has 1 saturated heterocycles. The summed E-state index contributed by atoms with van der Waals surface area (Å²) in [6.07, 6.45) is 5.59. The van der Waals surface area contributed by atoms with Gasteiger partial charge in [-0.2, -0.15) is 0 Å². The highest BCUT2D eigenvalue weighted by Gasteiger charge is 2.21. The second kappa shape index (κ2) is 4.86. The number of hydrogen-bond donors (Lipinski definition) is 0. The molecule has 16 heavy (non-hydrogen) atoms. The average molecular weight is 237 g/mol. The predicted molar refractivity (Wildman–Crippen MR) is 66.9 cm³/mol. The number of nitrogens with zero attached hydrogens (tertiary/aromatic N) is 1. The second-order valence-electron chi connectivity index (χ2n) is 4.84. The Morgan fingerprint density at radius 2 is 2.44 bits per heavy atom. The molecular formula is C13H19NOS. The van der Waals surface area contributed by atoms with Crippen LogP contribution in [0.25, 0.3) is 0 Å². The third-order valence-corrected chi connectivity index (χ3v) is 4.65. The lowest BCUT2D eigenvalue weighted by Gasteiger charge is -2.32. The van der Waals surface area contributed by atoms with E-state index in [1.165, 1.54) is 32.2 Å². The monoisotopic (exact) mass is 237 g/mol. The molecular weight excluding hydrogens is 218 g/mol. The van der Waals surface area contributed by atoms with E-state index in [0.717, 1.165) is 19.7 Å². The summed E-state index contributed by atoms with van der Waals surface area (Å²) < 4.78 is 5.81. The first-order valence-electron chi connectivity index (χ1n) is 6.31. The molecule has 2 aliphatic rings. The van der Waals surface area contributed by atoms with E-state index < -0.39 is 0 Å². The zero-order valence-corrected chi connectivity index (χ0v) is 10.5. The minimum absolute atomic E-state index is 0.494. The van der Waals surface area contributed by atoms with Gasteiger partial charge in [-0.25, -0.2) is 0 Å². The molecule has 3 heteroatoms. The maximum atomic E-state index is 5.81. The molecule has 0 amide bonds. The van der Waals surface area contributed by atoms with Gasteiger partial charge in [-0.3, -0.25) is 4.90 Å². The lowest BCUT2D eigenvalue weighted by molar-refractivity contribution is -0.00790. The molecule has 1 fully saturated rings. The van der Waals surface area contributed by atoms with Crippen molar-refractivity contribution in [1.82, 2.24) is 4.90 Å². The molecule has 0 aliphatic carbocycles. The van der Waals surface area contributed by atoms with Crippen molar-refractivity contribution in [2.75, 3.05) is 19.7 Å². The van der Waals surface area contributed by atoms with Crippen LogP contribution >= 0.6 is 11.3 Å². The van der Waals surface area contributed by atoms with Crippen molar-refractivity contribution in [3.63, 3.8) is 0 Å². The first kappa shape index (κ1) is 10.8. The van der Waals surface area contributed by atoms with Crippen LogP contribution in [0, 0.1) is 0 Å². The van der Waals surface area contributed by atoms with E-state index in [4.69, 9.17) is 4.74 Å². The fourth-order valence-corrected chi connectivity index (χ4v) is 3.59. The molecule has 0 spiro atoms. The van der Waals surface area contributed by atoms with Gasteiger partial charge in [0.05, 0.1) is 6.10 Å².